The zero-order valence-corrected chi connectivity index (χ0v) is 16.7. The highest BCUT2D eigenvalue weighted by Crippen LogP contribution is 2.48. The molecule has 0 radical (unpaired) electrons. The minimum absolute atomic E-state index is 0.0412. The molecule has 2 N–H and O–H groups in total. The Balaban J connectivity index is 1.67. The molecule has 5 rings (SSSR count). The maximum atomic E-state index is 13.4. The lowest BCUT2D eigenvalue weighted by molar-refractivity contribution is 0.00963. The van der Waals surface area contributed by atoms with Gasteiger partial charge in [-0.1, -0.05) is 18.2 Å². The molecule has 1 saturated heterocycles. The number of amides is 1. The van der Waals surface area contributed by atoms with E-state index >= 15 is 0 Å². The van der Waals surface area contributed by atoms with Gasteiger partial charge in [-0.2, -0.15) is 0 Å². The number of benzene rings is 2. The van der Waals surface area contributed by atoms with Crippen LogP contribution in [0.2, 0.25) is 0 Å². The minimum Gasteiger partial charge on any atom is -0.497 e. The first kappa shape index (κ1) is 18.2. The monoisotopic (exact) mass is 391 g/mol. The molecule has 2 aromatic carbocycles. The number of hydrogen-bond donors (Lipinski definition) is 2. The van der Waals surface area contributed by atoms with Gasteiger partial charge < -0.3 is 24.6 Å². The van der Waals surface area contributed by atoms with E-state index < -0.39 is 6.04 Å². The van der Waals surface area contributed by atoms with E-state index in [4.69, 9.17) is 4.74 Å². The van der Waals surface area contributed by atoms with E-state index in [1.54, 1.807) is 7.11 Å². The van der Waals surface area contributed by atoms with Crippen LogP contribution in [0.4, 0.5) is 0 Å². The van der Waals surface area contributed by atoms with Crippen molar-refractivity contribution in [2.24, 2.45) is 0 Å². The maximum Gasteiger partial charge on any atom is 0.254 e. The molecule has 3 heterocycles. The number of aromatic nitrogens is 1. The minimum atomic E-state index is -0.396. The lowest BCUT2D eigenvalue weighted by Gasteiger charge is -2.55. The van der Waals surface area contributed by atoms with Crippen LogP contribution < -0.4 is 4.74 Å². The number of rotatable bonds is 3. The highest BCUT2D eigenvalue weighted by molar-refractivity contribution is 5.96. The zero-order chi connectivity index (χ0) is 20.2. The fraction of sp³-hybridized carbons (Fsp3) is 0.348. The lowest BCUT2D eigenvalue weighted by atomic mass is 9.69. The zero-order valence-electron chi connectivity index (χ0n) is 16.7. The molecule has 0 aliphatic carbocycles. The third-order valence-corrected chi connectivity index (χ3v) is 6.35. The number of aliphatic hydroxyl groups excluding tert-OH is 1. The predicted octanol–water partition coefficient (Wildman–Crippen LogP) is 2.55. The molecule has 2 aliphatic rings. The summed E-state index contributed by atoms with van der Waals surface area (Å²) in [4.78, 5) is 21.0. The van der Waals surface area contributed by atoms with Gasteiger partial charge in [0.15, 0.2) is 0 Å². The number of carbonyl (C=O) groups excluding carboxylic acids is 1. The number of nitrogens with one attached hydrogen (secondary N) is 1. The number of carbonyl (C=O) groups is 1. The van der Waals surface area contributed by atoms with Crippen LogP contribution in [0.25, 0.3) is 10.9 Å². The highest BCUT2D eigenvalue weighted by atomic mass is 16.5. The van der Waals surface area contributed by atoms with E-state index in [-0.39, 0.29) is 17.9 Å². The van der Waals surface area contributed by atoms with Gasteiger partial charge in [0.1, 0.15) is 5.75 Å². The Kier molecular flexibility index (Phi) is 4.15. The van der Waals surface area contributed by atoms with Crippen molar-refractivity contribution in [2.45, 2.75) is 11.5 Å². The van der Waals surface area contributed by atoms with E-state index in [1.807, 2.05) is 47.4 Å². The fourth-order valence-corrected chi connectivity index (χ4v) is 5.21. The Morgan fingerprint density at radius 3 is 2.62 bits per heavy atom. The summed E-state index contributed by atoms with van der Waals surface area (Å²) in [7, 11) is 3.76. The van der Waals surface area contributed by atoms with Gasteiger partial charge in [0, 0.05) is 53.3 Å². The highest BCUT2D eigenvalue weighted by Gasteiger charge is 2.52. The van der Waals surface area contributed by atoms with E-state index in [0.717, 1.165) is 35.4 Å². The van der Waals surface area contributed by atoms with Gasteiger partial charge in [-0.15, -0.1) is 0 Å². The molecule has 1 aromatic heterocycles. The molecule has 3 aromatic rings. The topological polar surface area (TPSA) is 68.8 Å². The van der Waals surface area contributed by atoms with Crippen LogP contribution in [0.3, 0.4) is 0 Å². The van der Waals surface area contributed by atoms with Gasteiger partial charge in [-0.25, -0.2) is 0 Å². The molecule has 6 heteroatoms. The van der Waals surface area contributed by atoms with Crippen molar-refractivity contribution in [3.05, 3.63) is 65.4 Å². The molecule has 1 spiro atoms. The Labute approximate surface area is 169 Å². The van der Waals surface area contributed by atoms with Gasteiger partial charge in [-0.05, 0) is 36.9 Å². The van der Waals surface area contributed by atoms with Crippen molar-refractivity contribution < 1.29 is 14.6 Å². The van der Waals surface area contributed by atoms with Gasteiger partial charge in [0.2, 0.25) is 0 Å². The molecule has 29 heavy (non-hydrogen) atoms. The van der Waals surface area contributed by atoms with Gasteiger partial charge in [0.05, 0.1) is 19.8 Å². The summed E-state index contributed by atoms with van der Waals surface area (Å²) < 4.78 is 5.39. The SMILES string of the molecule is COc1ccc2c3c([nH]c2c1)[C@H](CO)N(C(=O)c1ccccc1)CC31CN(C)C1. The number of likely N-dealkylation sites (tertiary alicyclic amines) is 1. The van der Waals surface area contributed by atoms with Crippen LogP contribution in [0.5, 0.6) is 5.75 Å². The van der Waals surface area contributed by atoms with E-state index in [1.165, 1.54) is 5.56 Å². The summed E-state index contributed by atoms with van der Waals surface area (Å²) in [5, 5.41) is 11.4. The number of aliphatic hydroxyl groups is 1. The molecule has 0 bridgehead atoms. The van der Waals surface area contributed by atoms with Crippen LogP contribution in [0.15, 0.2) is 48.5 Å². The number of H-pyrrole nitrogens is 1. The second kappa shape index (κ2) is 6.61. The van der Waals surface area contributed by atoms with Crippen LogP contribution in [0, 0.1) is 0 Å². The average Bonchev–Trinajstić information content (AvgIpc) is 3.11. The molecule has 2 aliphatic heterocycles. The molecule has 1 amide bonds. The predicted molar refractivity (Wildman–Crippen MR) is 111 cm³/mol. The number of ether oxygens (including phenoxy) is 1. The second-order valence-electron chi connectivity index (χ2n) is 8.28. The Hall–Kier alpha value is -2.83. The third-order valence-electron chi connectivity index (χ3n) is 6.35. The molecule has 0 saturated carbocycles. The molecule has 150 valence electrons. The smallest absolute Gasteiger partial charge is 0.254 e. The summed E-state index contributed by atoms with van der Waals surface area (Å²) in [6, 6.07) is 15.0. The number of likely N-dealkylation sites (N-methyl/N-ethyl adjacent to an activating group) is 1. The largest absolute Gasteiger partial charge is 0.497 e. The summed E-state index contributed by atoms with van der Waals surface area (Å²) in [5.41, 5.74) is 3.68. The number of methoxy groups -OCH3 is 1. The van der Waals surface area contributed by atoms with Crippen LogP contribution in [-0.2, 0) is 5.41 Å². The van der Waals surface area contributed by atoms with Gasteiger partial charge in [-0.3, -0.25) is 4.79 Å². The van der Waals surface area contributed by atoms with E-state index in [9.17, 15) is 9.90 Å². The Morgan fingerprint density at radius 2 is 1.97 bits per heavy atom. The van der Waals surface area contributed by atoms with Crippen molar-refractivity contribution in [1.29, 1.82) is 0 Å². The third kappa shape index (κ3) is 2.67. The quantitative estimate of drug-likeness (QED) is 0.720. The first-order valence-corrected chi connectivity index (χ1v) is 9.92. The lowest BCUT2D eigenvalue weighted by Crippen LogP contribution is -2.65. The molecule has 1 fully saturated rings. The normalized spacial score (nSPS) is 20.5. The molecular formula is C23H25N3O3. The van der Waals surface area contributed by atoms with Crippen molar-refractivity contribution in [1.82, 2.24) is 14.8 Å². The fourth-order valence-electron chi connectivity index (χ4n) is 5.21. The van der Waals surface area contributed by atoms with Crippen molar-refractivity contribution in [3.63, 3.8) is 0 Å². The van der Waals surface area contributed by atoms with Crippen molar-refractivity contribution >= 4 is 16.8 Å². The first-order valence-electron chi connectivity index (χ1n) is 9.92. The summed E-state index contributed by atoms with van der Waals surface area (Å²) in [6.07, 6.45) is 0. The van der Waals surface area contributed by atoms with Crippen LogP contribution >= 0.6 is 0 Å². The maximum absolute atomic E-state index is 13.4. The number of aromatic amines is 1. The molecule has 6 nitrogen and oxygen atoms in total. The number of nitrogens with zero attached hydrogens (tertiary/aromatic N) is 2. The Bertz CT molecular complexity index is 1070. The van der Waals surface area contributed by atoms with Crippen LogP contribution in [0.1, 0.15) is 27.7 Å². The molecule has 1 atom stereocenters. The van der Waals surface area contributed by atoms with Gasteiger partial charge in [0.25, 0.3) is 5.91 Å². The summed E-state index contributed by atoms with van der Waals surface area (Å²) in [5.74, 6) is 0.745. The van der Waals surface area contributed by atoms with Crippen LogP contribution in [-0.4, -0.2) is 66.2 Å². The van der Waals surface area contributed by atoms with E-state index in [0.29, 0.717) is 12.1 Å². The molecule has 0 unspecified atom stereocenters. The van der Waals surface area contributed by atoms with E-state index in [2.05, 4.69) is 23.0 Å². The summed E-state index contributed by atoms with van der Waals surface area (Å²) >= 11 is 0. The standard InChI is InChI=1S/C23H25N3O3/c1-25-12-23(13-25)14-26(22(28)15-6-4-3-5-7-15)19(11-27)21-20(23)17-9-8-16(29-2)10-18(17)24-21/h3-10,19,24,27H,11-14H2,1-2H3/t19-/m0/s1. The second-order valence-corrected chi connectivity index (χ2v) is 8.28. The van der Waals surface area contributed by atoms with Crippen molar-refractivity contribution in [2.75, 3.05) is 40.4 Å². The summed E-state index contributed by atoms with van der Waals surface area (Å²) in [6.45, 7) is 2.25. The average molecular weight is 391 g/mol. The molecular weight excluding hydrogens is 366 g/mol. The Morgan fingerprint density at radius 1 is 1.21 bits per heavy atom. The van der Waals surface area contributed by atoms with Crippen molar-refractivity contribution in [3.8, 4) is 5.75 Å². The van der Waals surface area contributed by atoms with Gasteiger partial charge >= 0.3 is 0 Å². The first-order chi connectivity index (χ1) is 14.1. The number of fused-ring (bicyclic) bond motifs is 4. The number of hydrogen-bond acceptors (Lipinski definition) is 4.